The monoisotopic (exact) mass is 223 g/mol. The molecule has 0 aliphatic rings. The van der Waals surface area contributed by atoms with Gasteiger partial charge in [0.25, 0.3) is 0 Å². The molecule has 2 N–H and O–H groups in total. The average molecular weight is 223 g/mol. The molecule has 0 unspecified atom stereocenters. The molecule has 0 saturated carbocycles. The number of hydrogen-bond acceptors (Lipinski definition) is 5. The van der Waals surface area contributed by atoms with Gasteiger partial charge in [-0.15, -0.1) is 0 Å². The molecule has 0 aliphatic heterocycles. The summed E-state index contributed by atoms with van der Waals surface area (Å²) in [5.74, 6) is 1.87. The number of aromatic nitrogens is 2. The van der Waals surface area contributed by atoms with Crippen LogP contribution in [-0.4, -0.2) is 43.7 Å². The first-order chi connectivity index (χ1) is 7.69. The van der Waals surface area contributed by atoms with Crippen molar-refractivity contribution in [2.24, 2.45) is 5.73 Å². The Morgan fingerprint density at radius 2 is 1.69 bits per heavy atom. The second-order valence-electron chi connectivity index (χ2n) is 3.87. The van der Waals surface area contributed by atoms with E-state index in [1.807, 2.05) is 25.1 Å². The van der Waals surface area contributed by atoms with Crippen molar-refractivity contribution in [3.8, 4) is 0 Å². The van der Waals surface area contributed by atoms with E-state index >= 15 is 0 Å². The molecule has 1 rings (SSSR count). The molecule has 16 heavy (non-hydrogen) atoms. The third kappa shape index (κ3) is 3.34. The molecule has 5 heteroatoms. The van der Waals surface area contributed by atoms with Crippen LogP contribution in [-0.2, 0) is 0 Å². The summed E-state index contributed by atoms with van der Waals surface area (Å²) < 4.78 is 0. The summed E-state index contributed by atoms with van der Waals surface area (Å²) in [5.41, 5.74) is 5.52. The van der Waals surface area contributed by atoms with Crippen LogP contribution >= 0.6 is 0 Å². The van der Waals surface area contributed by atoms with E-state index in [9.17, 15) is 0 Å². The highest BCUT2D eigenvalue weighted by Crippen LogP contribution is 2.15. The first-order valence-electron chi connectivity index (χ1n) is 5.63. The molecular weight excluding hydrogens is 202 g/mol. The van der Waals surface area contributed by atoms with Gasteiger partial charge in [0, 0.05) is 39.8 Å². The second kappa shape index (κ2) is 6.27. The van der Waals surface area contributed by atoms with E-state index in [0.717, 1.165) is 31.1 Å². The van der Waals surface area contributed by atoms with Crippen LogP contribution in [0.4, 0.5) is 11.6 Å². The summed E-state index contributed by atoms with van der Waals surface area (Å²) >= 11 is 0. The number of nitrogens with two attached hydrogens (primary N) is 1. The minimum absolute atomic E-state index is 0.626. The predicted molar refractivity (Wildman–Crippen MR) is 67.9 cm³/mol. The lowest BCUT2D eigenvalue weighted by Crippen LogP contribution is -2.26. The number of nitrogens with zero attached hydrogens (tertiary/aromatic N) is 4. The molecule has 0 radical (unpaired) electrons. The first kappa shape index (κ1) is 12.7. The SMILES string of the molecule is CCCN(C)c1cc(N(C)CCN)ncn1. The summed E-state index contributed by atoms with van der Waals surface area (Å²) in [4.78, 5) is 12.6. The molecule has 0 atom stereocenters. The summed E-state index contributed by atoms with van der Waals surface area (Å²) in [6, 6.07) is 1.99. The molecule has 0 spiro atoms. The van der Waals surface area contributed by atoms with Crippen LogP contribution in [0.25, 0.3) is 0 Å². The average Bonchev–Trinajstić information content (AvgIpc) is 2.30. The molecule has 1 heterocycles. The van der Waals surface area contributed by atoms with Crippen LogP contribution in [0.5, 0.6) is 0 Å². The standard InChI is InChI=1S/C11H21N5/c1-4-6-15(2)10-8-11(14-9-13-10)16(3)7-5-12/h8-9H,4-7,12H2,1-3H3. The second-order valence-corrected chi connectivity index (χ2v) is 3.87. The lowest BCUT2D eigenvalue weighted by molar-refractivity contribution is 0.825. The molecule has 0 aliphatic carbocycles. The van der Waals surface area contributed by atoms with Crippen LogP contribution in [0.3, 0.4) is 0 Å². The molecule has 5 nitrogen and oxygen atoms in total. The Bertz CT molecular complexity index is 288. The number of likely N-dealkylation sites (N-methyl/N-ethyl adjacent to an activating group) is 1. The normalized spacial score (nSPS) is 10.2. The third-order valence-electron chi connectivity index (χ3n) is 2.44. The van der Waals surface area contributed by atoms with E-state index in [2.05, 4.69) is 21.8 Å². The van der Waals surface area contributed by atoms with E-state index in [0.29, 0.717) is 6.54 Å². The maximum absolute atomic E-state index is 5.52. The number of hydrogen-bond donors (Lipinski definition) is 1. The third-order valence-corrected chi connectivity index (χ3v) is 2.44. The lowest BCUT2D eigenvalue weighted by Gasteiger charge is -2.21. The van der Waals surface area contributed by atoms with Gasteiger partial charge in [0.05, 0.1) is 0 Å². The molecule has 1 aromatic heterocycles. The van der Waals surface area contributed by atoms with Gasteiger partial charge in [-0.2, -0.15) is 0 Å². The fourth-order valence-corrected chi connectivity index (χ4v) is 1.51. The zero-order chi connectivity index (χ0) is 12.0. The Balaban J connectivity index is 2.77. The van der Waals surface area contributed by atoms with Gasteiger partial charge in [0.1, 0.15) is 18.0 Å². The van der Waals surface area contributed by atoms with E-state index in [1.165, 1.54) is 0 Å². The molecule has 0 aromatic carbocycles. The zero-order valence-corrected chi connectivity index (χ0v) is 10.3. The predicted octanol–water partition coefficient (Wildman–Crippen LogP) is 0.718. The Morgan fingerprint density at radius 3 is 2.19 bits per heavy atom. The Morgan fingerprint density at radius 1 is 1.12 bits per heavy atom. The molecule has 0 bridgehead atoms. The summed E-state index contributed by atoms with van der Waals surface area (Å²) in [6.07, 6.45) is 2.71. The number of rotatable bonds is 6. The van der Waals surface area contributed by atoms with Crippen LogP contribution < -0.4 is 15.5 Å². The Kier molecular flexibility index (Phi) is 4.98. The molecule has 0 amide bonds. The minimum atomic E-state index is 0.626. The fourth-order valence-electron chi connectivity index (χ4n) is 1.51. The highest BCUT2D eigenvalue weighted by Gasteiger charge is 2.06. The quantitative estimate of drug-likeness (QED) is 0.770. The van der Waals surface area contributed by atoms with Gasteiger partial charge in [-0.05, 0) is 6.42 Å². The van der Waals surface area contributed by atoms with E-state index in [4.69, 9.17) is 5.73 Å². The van der Waals surface area contributed by atoms with Gasteiger partial charge in [0.2, 0.25) is 0 Å². The minimum Gasteiger partial charge on any atom is -0.360 e. The van der Waals surface area contributed by atoms with Crippen molar-refractivity contribution in [2.75, 3.05) is 43.5 Å². The van der Waals surface area contributed by atoms with Crippen LogP contribution in [0, 0.1) is 0 Å². The van der Waals surface area contributed by atoms with Crippen molar-refractivity contribution in [3.63, 3.8) is 0 Å². The molecule has 90 valence electrons. The van der Waals surface area contributed by atoms with E-state index in [1.54, 1.807) is 6.33 Å². The highest BCUT2D eigenvalue weighted by atomic mass is 15.2. The van der Waals surface area contributed by atoms with Gasteiger partial charge in [-0.25, -0.2) is 9.97 Å². The molecule has 1 aromatic rings. The van der Waals surface area contributed by atoms with Gasteiger partial charge in [-0.3, -0.25) is 0 Å². The van der Waals surface area contributed by atoms with Gasteiger partial charge in [0.15, 0.2) is 0 Å². The Labute approximate surface area is 97.3 Å². The van der Waals surface area contributed by atoms with Crippen molar-refractivity contribution in [2.45, 2.75) is 13.3 Å². The summed E-state index contributed by atoms with van der Waals surface area (Å²) in [7, 11) is 4.03. The molecule has 0 saturated heterocycles. The summed E-state index contributed by atoms with van der Waals surface area (Å²) in [6.45, 7) is 4.57. The fraction of sp³-hybridized carbons (Fsp3) is 0.636. The van der Waals surface area contributed by atoms with Crippen LogP contribution in [0.15, 0.2) is 12.4 Å². The molecular formula is C11H21N5. The topological polar surface area (TPSA) is 58.3 Å². The van der Waals surface area contributed by atoms with Gasteiger partial charge >= 0.3 is 0 Å². The maximum Gasteiger partial charge on any atom is 0.133 e. The summed E-state index contributed by atoms with van der Waals surface area (Å²) in [5, 5.41) is 0. The van der Waals surface area contributed by atoms with Gasteiger partial charge < -0.3 is 15.5 Å². The van der Waals surface area contributed by atoms with Gasteiger partial charge in [-0.1, -0.05) is 6.92 Å². The smallest absolute Gasteiger partial charge is 0.133 e. The highest BCUT2D eigenvalue weighted by molar-refractivity contribution is 5.49. The van der Waals surface area contributed by atoms with Crippen LogP contribution in [0.2, 0.25) is 0 Å². The zero-order valence-electron chi connectivity index (χ0n) is 10.3. The van der Waals surface area contributed by atoms with Crippen molar-refractivity contribution < 1.29 is 0 Å². The lowest BCUT2D eigenvalue weighted by atomic mass is 10.4. The molecule has 0 fully saturated rings. The van der Waals surface area contributed by atoms with Crippen molar-refractivity contribution >= 4 is 11.6 Å². The first-order valence-corrected chi connectivity index (χ1v) is 5.63. The van der Waals surface area contributed by atoms with Crippen LogP contribution in [0.1, 0.15) is 13.3 Å². The van der Waals surface area contributed by atoms with E-state index < -0.39 is 0 Å². The Hall–Kier alpha value is -1.36. The van der Waals surface area contributed by atoms with Crippen molar-refractivity contribution in [1.82, 2.24) is 9.97 Å². The van der Waals surface area contributed by atoms with E-state index in [-0.39, 0.29) is 0 Å². The largest absolute Gasteiger partial charge is 0.360 e. The number of anilines is 2. The maximum atomic E-state index is 5.52. The van der Waals surface area contributed by atoms with Crippen molar-refractivity contribution in [1.29, 1.82) is 0 Å². The van der Waals surface area contributed by atoms with Crippen molar-refractivity contribution in [3.05, 3.63) is 12.4 Å².